The third-order valence-corrected chi connectivity index (χ3v) is 2.54. The minimum absolute atomic E-state index is 0.570. The fourth-order valence-corrected chi connectivity index (χ4v) is 1.50. The molecule has 1 radical (unpaired) electrons. The molecule has 0 aliphatic rings. The summed E-state index contributed by atoms with van der Waals surface area (Å²) in [6, 6.07) is 6.53. The Morgan fingerprint density at radius 1 is 1.19 bits per heavy atom. The van der Waals surface area contributed by atoms with Crippen LogP contribution in [0.25, 0.3) is 0 Å². The van der Waals surface area contributed by atoms with Crippen molar-refractivity contribution >= 4 is 0 Å². The van der Waals surface area contributed by atoms with Crippen LogP contribution in [0.4, 0.5) is 0 Å². The monoisotopic (exact) mass is 219 g/mol. The second-order valence-corrected chi connectivity index (χ2v) is 4.92. The summed E-state index contributed by atoms with van der Waals surface area (Å²) in [6.45, 7) is 11.6. The molecule has 0 fully saturated rings. The molecule has 0 unspecified atom stereocenters. The van der Waals surface area contributed by atoms with Crippen LogP contribution >= 0.6 is 0 Å². The Kier molecular flexibility index (Phi) is 4.85. The molecular weight excluding hydrogens is 196 g/mol. The van der Waals surface area contributed by atoms with E-state index in [9.17, 15) is 0 Å². The molecule has 0 aliphatic heterocycles. The van der Waals surface area contributed by atoms with Gasteiger partial charge in [0.05, 0.1) is 6.61 Å². The summed E-state index contributed by atoms with van der Waals surface area (Å²) >= 11 is 0. The van der Waals surface area contributed by atoms with E-state index in [-0.39, 0.29) is 0 Å². The number of aryl methyl sites for hydroxylation is 1. The molecule has 0 N–H and O–H groups in total. The number of ether oxygens (including phenoxy) is 1. The van der Waals surface area contributed by atoms with Crippen molar-refractivity contribution in [2.45, 2.75) is 41.0 Å². The molecule has 0 amide bonds. The highest BCUT2D eigenvalue weighted by molar-refractivity contribution is 5.40. The van der Waals surface area contributed by atoms with Crippen LogP contribution in [-0.2, 0) is 6.42 Å². The first kappa shape index (κ1) is 13.1. The minimum Gasteiger partial charge on any atom is -0.493 e. The highest BCUT2D eigenvalue weighted by Gasteiger charge is 2.05. The zero-order valence-electron chi connectivity index (χ0n) is 11.1. The van der Waals surface area contributed by atoms with E-state index in [1.54, 1.807) is 0 Å². The summed E-state index contributed by atoms with van der Waals surface area (Å²) in [6.07, 6.45) is 1.05. The predicted octanol–water partition coefficient (Wildman–Crippen LogP) is 4.25. The number of hydrogen-bond acceptors (Lipinski definition) is 1. The summed E-state index contributed by atoms with van der Waals surface area (Å²) in [5.74, 6) is 2.91. The zero-order chi connectivity index (χ0) is 12.1. The van der Waals surface area contributed by atoms with Gasteiger partial charge in [0.15, 0.2) is 0 Å². The van der Waals surface area contributed by atoms with E-state index >= 15 is 0 Å². The van der Waals surface area contributed by atoms with Gasteiger partial charge in [0.25, 0.3) is 0 Å². The lowest BCUT2D eigenvalue weighted by molar-refractivity contribution is 0.270. The highest BCUT2D eigenvalue weighted by atomic mass is 16.5. The molecule has 0 aromatic heterocycles. The van der Waals surface area contributed by atoms with E-state index in [0.29, 0.717) is 5.92 Å². The smallest absolute Gasteiger partial charge is 0.119 e. The lowest BCUT2D eigenvalue weighted by atomic mass is 9.99. The molecule has 0 aliphatic carbocycles. The number of benzene rings is 1. The van der Waals surface area contributed by atoms with E-state index in [4.69, 9.17) is 4.74 Å². The molecule has 1 aromatic rings. The summed E-state index contributed by atoms with van der Waals surface area (Å²) in [4.78, 5) is 0. The van der Waals surface area contributed by atoms with Crippen LogP contribution in [0.5, 0.6) is 5.75 Å². The van der Waals surface area contributed by atoms with Crippen LogP contribution in [0.2, 0.25) is 0 Å². The number of rotatable bonds is 5. The molecule has 89 valence electrons. The first-order valence-corrected chi connectivity index (χ1v) is 6.10. The zero-order valence-corrected chi connectivity index (χ0v) is 11.1. The van der Waals surface area contributed by atoms with Crippen molar-refractivity contribution in [3.8, 4) is 5.75 Å². The maximum atomic E-state index is 5.79. The summed E-state index contributed by atoms with van der Waals surface area (Å²) in [5.41, 5.74) is 2.63. The summed E-state index contributed by atoms with van der Waals surface area (Å²) in [5, 5.41) is 0. The van der Waals surface area contributed by atoms with Gasteiger partial charge in [-0.2, -0.15) is 0 Å². The van der Waals surface area contributed by atoms with Crippen molar-refractivity contribution in [1.29, 1.82) is 0 Å². The van der Waals surface area contributed by atoms with E-state index in [1.165, 1.54) is 17.0 Å². The van der Waals surface area contributed by atoms with Gasteiger partial charge in [-0.25, -0.2) is 0 Å². The average molecular weight is 219 g/mol. The van der Waals surface area contributed by atoms with E-state index < -0.39 is 0 Å². The molecule has 16 heavy (non-hydrogen) atoms. The van der Waals surface area contributed by atoms with Crippen molar-refractivity contribution in [3.05, 3.63) is 35.2 Å². The quantitative estimate of drug-likeness (QED) is 0.719. The Bertz CT molecular complexity index is 326. The lowest BCUT2D eigenvalue weighted by Gasteiger charge is -2.13. The van der Waals surface area contributed by atoms with Crippen molar-refractivity contribution in [3.63, 3.8) is 0 Å². The van der Waals surface area contributed by atoms with Gasteiger partial charge in [0.2, 0.25) is 0 Å². The van der Waals surface area contributed by atoms with Crippen LogP contribution < -0.4 is 4.74 Å². The topological polar surface area (TPSA) is 9.23 Å². The van der Waals surface area contributed by atoms with Gasteiger partial charge in [-0.15, -0.1) is 0 Å². The Morgan fingerprint density at radius 3 is 2.38 bits per heavy atom. The number of hydrogen-bond donors (Lipinski definition) is 0. The van der Waals surface area contributed by atoms with Crippen molar-refractivity contribution in [2.75, 3.05) is 6.61 Å². The van der Waals surface area contributed by atoms with Gasteiger partial charge >= 0.3 is 0 Å². The highest BCUT2D eigenvalue weighted by Crippen LogP contribution is 2.23. The van der Waals surface area contributed by atoms with Gasteiger partial charge in [0.1, 0.15) is 5.75 Å². The second kappa shape index (κ2) is 5.93. The average Bonchev–Trinajstić information content (AvgIpc) is 2.25. The fourth-order valence-electron chi connectivity index (χ4n) is 1.50. The van der Waals surface area contributed by atoms with E-state index in [1.807, 2.05) is 0 Å². The molecule has 1 aromatic carbocycles. The molecule has 0 bridgehead atoms. The largest absolute Gasteiger partial charge is 0.493 e. The maximum absolute atomic E-state index is 5.79. The molecule has 0 spiro atoms. The summed E-state index contributed by atoms with van der Waals surface area (Å²) in [7, 11) is 0. The second-order valence-electron chi connectivity index (χ2n) is 4.92. The first-order valence-electron chi connectivity index (χ1n) is 6.10. The van der Waals surface area contributed by atoms with Crippen LogP contribution in [0.1, 0.15) is 45.7 Å². The first-order chi connectivity index (χ1) is 7.52. The van der Waals surface area contributed by atoms with Crippen LogP contribution in [0, 0.1) is 11.8 Å². The fraction of sp³-hybridized carbons (Fsp3) is 0.533. The lowest BCUT2D eigenvalue weighted by Crippen LogP contribution is -2.05. The Labute approximate surface area is 99.8 Å². The van der Waals surface area contributed by atoms with Crippen LogP contribution in [-0.4, -0.2) is 6.61 Å². The molecule has 0 saturated carbocycles. The predicted molar refractivity (Wildman–Crippen MR) is 69.8 cm³/mol. The molecule has 1 nitrogen and oxygen atoms in total. The molecule has 0 saturated heterocycles. The Balaban J connectivity index is 2.86. The molecular formula is C15H23O. The van der Waals surface area contributed by atoms with Gasteiger partial charge < -0.3 is 4.74 Å². The van der Waals surface area contributed by atoms with Crippen molar-refractivity contribution < 1.29 is 4.74 Å². The molecule has 1 heteroatoms. The summed E-state index contributed by atoms with van der Waals surface area (Å²) < 4.78 is 5.79. The van der Waals surface area contributed by atoms with Crippen molar-refractivity contribution in [2.24, 2.45) is 5.92 Å². The van der Waals surface area contributed by atoms with E-state index in [2.05, 4.69) is 52.8 Å². The third-order valence-electron chi connectivity index (χ3n) is 2.54. The Morgan fingerprint density at radius 2 is 1.88 bits per heavy atom. The van der Waals surface area contributed by atoms with Crippen LogP contribution in [0.15, 0.2) is 18.2 Å². The Hall–Kier alpha value is -0.980. The maximum Gasteiger partial charge on any atom is 0.119 e. The van der Waals surface area contributed by atoms with Gasteiger partial charge in [0, 0.05) is 0 Å². The molecule has 1 rings (SSSR count). The standard InChI is InChI=1S/C15H23O/c1-6-13-7-14(12(4)5)9-15(8-13)16-10-11(2)3/h7-9,11H,6,10H2,1-5H3. The van der Waals surface area contributed by atoms with E-state index in [0.717, 1.165) is 18.8 Å². The molecule has 0 heterocycles. The van der Waals surface area contributed by atoms with Crippen molar-refractivity contribution in [1.82, 2.24) is 0 Å². The third kappa shape index (κ3) is 3.88. The van der Waals surface area contributed by atoms with Crippen LogP contribution in [0.3, 0.4) is 0 Å². The van der Waals surface area contributed by atoms with Gasteiger partial charge in [-0.3, -0.25) is 0 Å². The van der Waals surface area contributed by atoms with Gasteiger partial charge in [-0.1, -0.05) is 40.7 Å². The minimum atomic E-state index is 0.570. The molecule has 0 atom stereocenters. The SMILES string of the molecule is CCc1cc(OCC(C)C)cc([C](C)C)c1. The normalized spacial score (nSPS) is 11.2. The van der Waals surface area contributed by atoms with Gasteiger partial charge in [-0.05, 0) is 41.5 Å².